The number of aromatic amines is 1. The topological polar surface area (TPSA) is 77.7 Å². The molecule has 0 saturated heterocycles. The van der Waals surface area contributed by atoms with Gasteiger partial charge in [-0.15, -0.1) is 0 Å². The number of amides is 2. The van der Waals surface area contributed by atoms with Crippen molar-refractivity contribution >= 4 is 11.8 Å². The Hall–Kier alpha value is -3.58. The Balaban J connectivity index is 1.67. The molecule has 1 aromatic heterocycles. The van der Waals surface area contributed by atoms with E-state index in [4.69, 9.17) is 4.74 Å². The molecular weight excluding hydrogens is 512 g/mol. The van der Waals surface area contributed by atoms with Gasteiger partial charge in [0.2, 0.25) is 5.91 Å². The first kappa shape index (κ1) is 30.4. The minimum atomic E-state index is -0.750. The number of aromatic nitrogens is 1. The summed E-state index contributed by atoms with van der Waals surface area (Å²) in [5.41, 5.74) is 3.15. The van der Waals surface area contributed by atoms with E-state index in [2.05, 4.69) is 29.0 Å². The molecule has 41 heavy (non-hydrogen) atoms. The third-order valence-electron chi connectivity index (χ3n) is 8.05. The minimum Gasteiger partial charge on any atom is -0.494 e. The summed E-state index contributed by atoms with van der Waals surface area (Å²) in [5, 5.41) is 3.31. The highest BCUT2D eigenvalue weighted by Gasteiger charge is 2.34. The standard InChI is InChI=1S/C34H46N4O3/c1-4-37(5-2)24-13-25-38(34(40)31-23-22-30(36-31)26-14-9-7-10-15-26)32(27-18-20-29(21-19-27)41-6-3)33(39)35-28-16-11-8-12-17-28/h7,9-10,14-15,18-23,28,32,36H,4-6,8,11-13,16-17,24-25H2,1-3H3,(H,35,39). The lowest BCUT2D eigenvalue weighted by Gasteiger charge is -2.34. The largest absolute Gasteiger partial charge is 0.494 e. The average molecular weight is 559 g/mol. The number of hydrogen-bond acceptors (Lipinski definition) is 4. The summed E-state index contributed by atoms with van der Waals surface area (Å²) in [7, 11) is 0. The Labute approximate surface area is 245 Å². The van der Waals surface area contributed by atoms with Crippen molar-refractivity contribution in [2.75, 3.05) is 32.8 Å². The van der Waals surface area contributed by atoms with Crippen LogP contribution >= 0.6 is 0 Å². The Kier molecular flexibility index (Phi) is 11.4. The lowest BCUT2D eigenvalue weighted by molar-refractivity contribution is -0.127. The highest BCUT2D eigenvalue weighted by atomic mass is 16.5. The Morgan fingerprint density at radius 1 is 0.902 bits per heavy atom. The van der Waals surface area contributed by atoms with Crippen LogP contribution in [0.5, 0.6) is 5.75 Å². The SMILES string of the molecule is CCOc1ccc(C(C(=O)NC2CCCCC2)N(CCCN(CC)CC)C(=O)c2ccc(-c3ccccc3)[nH]2)cc1. The number of carbonyl (C=O) groups excluding carboxylic acids is 2. The number of hydrogen-bond donors (Lipinski definition) is 2. The number of rotatable bonds is 14. The summed E-state index contributed by atoms with van der Waals surface area (Å²) in [6, 6.07) is 20.7. The normalized spacial score (nSPS) is 14.5. The van der Waals surface area contributed by atoms with Crippen molar-refractivity contribution in [2.24, 2.45) is 0 Å². The van der Waals surface area contributed by atoms with Gasteiger partial charge in [-0.3, -0.25) is 9.59 Å². The molecule has 4 rings (SSSR count). The first-order chi connectivity index (χ1) is 20.0. The molecule has 2 N–H and O–H groups in total. The van der Waals surface area contributed by atoms with Gasteiger partial charge in [-0.1, -0.05) is 75.6 Å². The van der Waals surface area contributed by atoms with Gasteiger partial charge in [0.1, 0.15) is 17.5 Å². The number of carbonyl (C=O) groups is 2. The quantitative estimate of drug-likeness (QED) is 0.239. The van der Waals surface area contributed by atoms with E-state index >= 15 is 0 Å². The first-order valence-corrected chi connectivity index (χ1v) is 15.3. The van der Waals surface area contributed by atoms with Crippen LogP contribution in [0.1, 0.15) is 81.4 Å². The molecule has 1 fully saturated rings. The fraction of sp³-hybridized carbons (Fsp3) is 0.471. The van der Waals surface area contributed by atoms with E-state index in [0.717, 1.165) is 74.3 Å². The van der Waals surface area contributed by atoms with E-state index in [9.17, 15) is 9.59 Å². The molecule has 1 aliphatic rings. The second kappa shape index (κ2) is 15.4. The van der Waals surface area contributed by atoms with E-state index in [1.54, 1.807) is 4.90 Å². The van der Waals surface area contributed by atoms with Crippen molar-refractivity contribution in [1.82, 2.24) is 20.1 Å². The third kappa shape index (κ3) is 8.23. The van der Waals surface area contributed by atoms with Crippen LogP contribution in [0.2, 0.25) is 0 Å². The zero-order chi connectivity index (χ0) is 29.0. The highest BCUT2D eigenvalue weighted by Crippen LogP contribution is 2.28. The maximum atomic E-state index is 14.3. The molecule has 0 spiro atoms. The van der Waals surface area contributed by atoms with E-state index in [1.807, 2.05) is 73.7 Å². The molecule has 0 aliphatic heterocycles. The van der Waals surface area contributed by atoms with Crippen LogP contribution in [0.4, 0.5) is 0 Å². The van der Waals surface area contributed by atoms with Crippen molar-refractivity contribution < 1.29 is 14.3 Å². The number of nitrogens with zero attached hydrogens (tertiary/aromatic N) is 2. The van der Waals surface area contributed by atoms with E-state index < -0.39 is 6.04 Å². The summed E-state index contributed by atoms with van der Waals surface area (Å²) < 4.78 is 5.67. The van der Waals surface area contributed by atoms with Gasteiger partial charge in [0.05, 0.1) is 6.61 Å². The lowest BCUT2D eigenvalue weighted by atomic mass is 9.94. The molecule has 1 atom stereocenters. The maximum absolute atomic E-state index is 14.3. The minimum absolute atomic E-state index is 0.118. The van der Waals surface area contributed by atoms with Crippen LogP contribution in [0.3, 0.4) is 0 Å². The van der Waals surface area contributed by atoms with Gasteiger partial charge in [0.25, 0.3) is 5.91 Å². The van der Waals surface area contributed by atoms with Crippen molar-refractivity contribution in [1.29, 1.82) is 0 Å². The molecule has 7 heteroatoms. The summed E-state index contributed by atoms with van der Waals surface area (Å²) in [6.07, 6.45) is 6.18. The molecule has 0 bridgehead atoms. The molecule has 0 radical (unpaired) electrons. The summed E-state index contributed by atoms with van der Waals surface area (Å²) in [5.74, 6) is 0.454. The van der Waals surface area contributed by atoms with Crippen LogP contribution in [0, 0.1) is 0 Å². The van der Waals surface area contributed by atoms with E-state index in [1.165, 1.54) is 6.42 Å². The van der Waals surface area contributed by atoms with Crippen LogP contribution < -0.4 is 10.1 Å². The van der Waals surface area contributed by atoms with Crippen molar-refractivity contribution in [2.45, 2.75) is 71.4 Å². The fourth-order valence-corrected chi connectivity index (χ4v) is 5.73. The van der Waals surface area contributed by atoms with Crippen LogP contribution in [-0.2, 0) is 4.79 Å². The molecular formula is C34H46N4O3. The first-order valence-electron chi connectivity index (χ1n) is 15.3. The van der Waals surface area contributed by atoms with Crippen LogP contribution in [0.25, 0.3) is 11.3 Å². The molecule has 1 heterocycles. The molecule has 2 amide bonds. The van der Waals surface area contributed by atoms with Gasteiger partial charge in [-0.2, -0.15) is 0 Å². The Bertz CT molecular complexity index is 1210. The van der Waals surface area contributed by atoms with Crippen molar-refractivity contribution in [3.63, 3.8) is 0 Å². The maximum Gasteiger partial charge on any atom is 0.271 e. The molecule has 7 nitrogen and oxygen atoms in total. The van der Waals surface area contributed by atoms with Gasteiger partial charge in [-0.25, -0.2) is 0 Å². The number of benzene rings is 2. The summed E-state index contributed by atoms with van der Waals surface area (Å²) >= 11 is 0. The summed E-state index contributed by atoms with van der Waals surface area (Å²) in [6.45, 7) is 10.0. The van der Waals surface area contributed by atoms with Gasteiger partial charge < -0.3 is 24.8 Å². The molecule has 2 aromatic carbocycles. The zero-order valence-electron chi connectivity index (χ0n) is 24.9. The second-order valence-electron chi connectivity index (χ2n) is 10.8. The molecule has 220 valence electrons. The average Bonchev–Trinajstić information content (AvgIpc) is 3.51. The summed E-state index contributed by atoms with van der Waals surface area (Å²) in [4.78, 5) is 35.8. The third-order valence-corrected chi connectivity index (χ3v) is 8.05. The molecule has 3 aromatic rings. The number of nitrogens with one attached hydrogen (secondary N) is 2. The second-order valence-corrected chi connectivity index (χ2v) is 10.8. The highest BCUT2D eigenvalue weighted by molar-refractivity contribution is 5.97. The Morgan fingerprint density at radius 2 is 1.61 bits per heavy atom. The smallest absolute Gasteiger partial charge is 0.271 e. The van der Waals surface area contributed by atoms with E-state index in [0.29, 0.717) is 18.8 Å². The Morgan fingerprint density at radius 3 is 2.27 bits per heavy atom. The predicted molar refractivity (Wildman–Crippen MR) is 165 cm³/mol. The predicted octanol–water partition coefficient (Wildman–Crippen LogP) is 6.44. The monoisotopic (exact) mass is 558 g/mol. The van der Waals surface area contributed by atoms with Gasteiger partial charge in [0, 0.05) is 18.3 Å². The van der Waals surface area contributed by atoms with Crippen molar-refractivity contribution in [3.05, 3.63) is 78.0 Å². The van der Waals surface area contributed by atoms with Gasteiger partial charge in [-0.05, 0) is 81.2 Å². The number of ether oxygens (including phenoxy) is 1. The molecule has 1 saturated carbocycles. The molecule has 1 aliphatic carbocycles. The molecule has 1 unspecified atom stereocenters. The fourth-order valence-electron chi connectivity index (χ4n) is 5.73. The zero-order valence-corrected chi connectivity index (χ0v) is 24.9. The van der Waals surface area contributed by atoms with Crippen molar-refractivity contribution in [3.8, 4) is 17.0 Å². The van der Waals surface area contributed by atoms with Crippen LogP contribution in [-0.4, -0.2) is 65.4 Å². The van der Waals surface area contributed by atoms with E-state index in [-0.39, 0.29) is 17.9 Å². The van der Waals surface area contributed by atoms with Gasteiger partial charge in [0.15, 0.2) is 0 Å². The van der Waals surface area contributed by atoms with Crippen LogP contribution in [0.15, 0.2) is 66.7 Å². The van der Waals surface area contributed by atoms with Gasteiger partial charge >= 0.3 is 0 Å². The number of H-pyrrole nitrogens is 1. The lowest BCUT2D eigenvalue weighted by Crippen LogP contribution is -2.47.